The van der Waals surface area contributed by atoms with Crippen LogP contribution in [0.3, 0.4) is 0 Å². The van der Waals surface area contributed by atoms with Gasteiger partial charge in [-0.1, -0.05) is 6.07 Å². The monoisotopic (exact) mass is 287 g/mol. The van der Waals surface area contributed by atoms with Crippen LogP contribution in [0.4, 0.5) is 8.78 Å². The molecule has 0 bridgehead atoms. The van der Waals surface area contributed by atoms with Crippen LogP contribution in [0.25, 0.3) is 0 Å². The summed E-state index contributed by atoms with van der Waals surface area (Å²) >= 11 is 5.61. The lowest BCUT2D eigenvalue weighted by Crippen LogP contribution is -2.10. The van der Waals surface area contributed by atoms with E-state index in [2.05, 4.69) is 0 Å². The SMILES string of the molecule is CCOC(=O)Cc1cc(CCl)c(C(F)F)cc1C#N. The molecule has 1 rings (SSSR count). The smallest absolute Gasteiger partial charge is 0.310 e. The summed E-state index contributed by atoms with van der Waals surface area (Å²) in [6.07, 6.45) is -2.85. The average Bonchev–Trinajstić information content (AvgIpc) is 2.38. The summed E-state index contributed by atoms with van der Waals surface area (Å²) in [6, 6.07) is 4.25. The Balaban J connectivity index is 3.18. The van der Waals surface area contributed by atoms with Crippen LogP contribution in [-0.4, -0.2) is 12.6 Å². The van der Waals surface area contributed by atoms with Crippen molar-refractivity contribution in [3.8, 4) is 6.07 Å². The molecular weight excluding hydrogens is 276 g/mol. The van der Waals surface area contributed by atoms with Gasteiger partial charge in [-0.3, -0.25) is 4.79 Å². The molecular formula is C13H12ClF2NO2. The number of alkyl halides is 3. The normalized spacial score (nSPS) is 10.3. The van der Waals surface area contributed by atoms with Crippen LogP contribution < -0.4 is 0 Å². The van der Waals surface area contributed by atoms with E-state index in [1.165, 1.54) is 6.07 Å². The number of carbonyl (C=O) groups is 1. The molecule has 1 aromatic rings. The predicted octanol–water partition coefficient (Wildman–Crippen LogP) is 3.34. The van der Waals surface area contributed by atoms with Crippen molar-refractivity contribution in [3.05, 3.63) is 34.4 Å². The van der Waals surface area contributed by atoms with Crippen LogP contribution in [0.5, 0.6) is 0 Å². The van der Waals surface area contributed by atoms with Gasteiger partial charge in [0.15, 0.2) is 0 Å². The fourth-order valence-electron chi connectivity index (χ4n) is 1.65. The molecule has 0 saturated carbocycles. The molecule has 0 amide bonds. The molecule has 1 aromatic carbocycles. The van der Waals surface area contributed by atoms with Gasteiger partial charge in [-0.15, -0.1) is 11.6 Å². The third-order valence-corrected chi connectivity index (χ3v) is 2.79. The maximum absolute atomic E-state index is 12.8. The quantitative estimate of drug-likeness (QED) is 0.616. The maximum atomic E-state index is 12.8. The molecule has 3 nitrogen and oxygen atoms in total. The Morgan fingerprint density at radius 3 is 2.63 bits per heavy atom. The number of rotatable bonds is 5. The Hall–Kier alpha value is -1.67. The first-order valence-corrected chi connectivity index (χ1v) is 6.12. The Bertz CT molecular complexity index is 512. The molecule has 0 aliphatic carbocycles. The van der Waals surface area contributed by atoms with Gasteiger partial charge < -0.3 is 4.74 Å². The third-order valence-electron chi connectivity index (χ3n) is 2.50. The zero-order chi connectivity index (χ0) is 14.4. The van der Waals surface area contributed by atoms with Crippen molar-refractivity contribution < 1.29 is 18.3 Å². The molecule has 0 unspecified atom stereocenters. The second-order valence-electron chi connectivity index (χ2n) is 3.74. The van der Waals surface area contributed by atoms with Crippen LogP contribution in [0.1, 0.15) is 35.6 Å². The topological polar surface area (TPSA) is 50.1 Å². The molecule has 0 saturated heterocycles. The first kappa shape index (κ1) is 15.4. The number of hydrogen-bond acceptors (Lipinski definition) is 3. The van der Waals surface area contributed by atoms with E-state index in [0.717, 1.165) is 6.07 Å². The van der Waals surface area contributed by atoms with Crippen LogP contribution in [0, 0.1) is 11.3 Å². The molecule has 0 N–H and O–H groups in total. The minimum absolute atomic E-state index is 0.0391. The standard InChI is InChI=1S/C13H12ClF2NO2/c1-2-19-12(18)5-8-3-9(6-14)11(13(15)16)4-10(8)7-17/h3-4,13H,2,5-6H2,1H3. The van der Waals surface area contributed by atoms with Crippen molar-refractivity contribution in [2.75, 3.05) is 6.61 Å². The second-order valence-corrected chi connectivity index (χ2v) is 4.00. The second kappa shape index (κ2) is 7.05. The lowest BCUT2D eigenvalue weighted by molar-refractivity contribution is -0.142. The van der Waals surface area contributed by atoms with Gasteiger partial charge in [0.2, 0.25) is 0 Å². The summed E-state index contributed by atoms with van der Waals surface area (Å²) in [4.78, 5) is 11.4. The summed E-state index contributed by atoms with van der Waals surface area (Å²) in [6.45, 7) is 1.88. The van der Waals surface area contributed by atoms with E-state index in [9.17, 15) is 13.6 Å². The molecule has 0 fully saturated rings. The molecule has 0 aromatic heterocycles. The molecule has 19 heavy (non-hydrogen) atoms. The van der Waals surface area contributed by atoms with Crippen LogP contribution in [0.15, 0.2) is 12.1 Å². The van der Waals surface area contributed by atoms with Gasteiger partial charge in [0.25, 0.3) is 6.43 Å². The number of hydrogen-bond donors (Lipinski definition) is 0. The number of benzene rings is 1. The van der Waals surface area contributed by atoms with Crippen molar-refractivity contribution in [2.24, 2.45) is 0 Å². The fourth-order valence-corrected chi connectivity index (χ4v) is 1.88. The Labute approximate surface area is 114 Å². The molecule has 0 heterocycles. The lowest BCUT2D eigenvalue weighted by Gasteiger charge is -2.11. The minimum Gasteiger partial charge on any atom is -0.466 e. The highest BCUT2D eigenvalue weighted by atomic mass is 35.5. The summed E-state index contributed by atoms with van der Waals surface area (Å²) in [5.41, 5.74) is 0.326. The molecule has 0 aliphatic heterocycles. The number of carbonyl (C=O) groups excluding carboxylic acids is 1. The largest absolute Gasteiger partial charge is 0.466 e. The van der Waals surface area contributed by atoms with Crippen molar-refractivity contribution in [3.63, 3.8) is 0 Å². The maximum Gasteiger partial charge on any atom is 0.310 e. The van der Waals surface area contributed by atoms with Gasteiger partial charge in [0.1, 0.15) is 0 Å². The highest BCUT2D eigenvalue weighted by molar-refractivity contribution is 6.17. The Morgan fingerprint density at radius 2 is 2.16 bits per heavy atom. The predicted molar refractivity (Wildman–Crippen MR) is 66.0 cm³/mol. The van der Waals surface area contributed by atoms with E-state index in [1.807, 2.05) is 0 Å². The van der Waals surface area contributed by atoms with E-state index >= 15 is 0 Å². The zero-order valence-corrected chi connectivity index (χ0v) is 11.0. The van der Waals surface area contributed by atoms with Gasteiger partial charge >= 0.3 is 5.97 Å². The highest BCUT2D eigenvalue weighted by Crippen LogP contribution is 2.27. The van der Waals surface area contributed by atoms with E-state index in [4.69, 9.17) is 21.6 Å². The zero-order valence-electron chi connectivity index (χ0n) is 10.3. The molecule has 6 heteroatoms. The summed E-state index contributed by atoms with van der Waals surface area (Å²) < 4.78 is 30.3. The van der Waals surface area contributed by atoms with Gasteiger partial charge in [-0.05, 0) is 24.1 Å². The third kappa shape index (κ3) is 3.90. The number of nitriles is 1. The molecule has 0 spiro atoms. The number of esters is 1. The average molecular weight is 288 g/mol. The first-order valence-electron chi connectivity index (χ1n) is 5.59. The van der Waals surface area contributed by atoms with Crippen LogP contribution in [0.2, 0.25) is 0 Å². The number of ether oxygens (including phenoxy) is 1. The van der Waals surface area contributed by atoms with Gasteiger partial charge in [-0.25, -0.2) is 8.78 Å². The van der Waals surface area contributed by atoms with E-state index in [1.54, 1.807) is 13.0 Å². The van der Waals surface area contributed by atoms with Crippen molar-refractivity contribution in [1.29, 1.82) is 5.26 Å². The summed E-state index contributed by atoms with van der Waals surface area (Å²) in [7, 11) is 0. The van der Waals surface area contributed by atoms with Crippen LogP contribution in [-0.2, 0) is 21.8 Å². The highest BCUT2D eigenvalue weighted by Gasteiger charge is 2.18. The van der Waals surface area contributed by atoms with E-state index in [0.29, 0.717) is 5.56 Å². The molecule has 0 aliphatic rings. The number of halogens is 3. The minimum atomic E-state index is -2.71. The Kier molecular flexibility index (Phi) is 5.71. The van der Waals surface area contributed by atoms with E-state index in [-0.39, 0.29) is 35.6 Å². The Morgan fingerprint density at radius 1 is 1.47 bits per heavy atom. The van der Waals surface area contributed by atoms with Gasteiger partial charge in [0.05, 0.1) is 24.7 Å². The summed E-state index contributed by atoms with van der Waals surface area (Å²) in [5, 5.41) is 8.95. The van der Waals surface area contributed by atoms with Crippen LogP contribution >= 0.6 is 11.6 Å². The number of nitrogens with zero attached hydrogens (tertiary/aromatic N) is 1. The van der Waals surface area contributed by atoms with Crippen molar-refractivity contribution >= 4 is 17.6 Å². The fraction of sp³-hybridized carbons (Fsp3) is 0.385. The molecule has 0 atom stereocenters. The summed E-state index contributed by atoms with van der Waals surface area (Å²) in [5.74, 6) is -0.620. The van der Waals surface area contributed by atoms with Gasteiger partial charge in [-0.2, -0.15) is 5.26 Å². The molecule has 102 valence electrons. The molecule has 0 radical (unpaired) electrons. The lowest BCUT2D eigenvalue weighted by atomic mass is 9.98. The van der Waals surface area contributed by atoms with Crippen molar-refractivity contribution in [2.45, 2.75) is 25.7 Å². The van der Waals surface area contributed by atoms with Crippen molar-refractivity contribution in [1.82, 2.24) is 0 Å². The van der Waals surface area contributed by atoms with Gasteiger partial charge in [0, 0.05) is 11.4 Å². The van der Waals surface area contributed by atoms with E-state index < -0.39 is 12.4 Å². The first-order chi connectivity index (χ1) is 9.03.